The summed E-state index contributed by atoms with van der Waals surface area (Å²) in [5.74, 6) is 1.99. The number of para-hydroxylation sites is 3. The quantitative estimate of drug-likeness (QED) is 0.182. The molecular weight excluding hydrogens is 637 g/mol. The number of aromatic nitrogens is 4. The lowest BCUT2D eigenvalue weighted by molar-refractivity contribution is 0.663. The van der Waals surface area contributed by atoms with Crippen LogP contribution in [0.2, 0.25) is 0 Å². The Bertz CT molecular complexity index is 2480. The van der Waals surface area contributed by atoms with Gasteiger partial charge >= 0.3 is 0 Å². The lowest BCUT2D eigenvalue weighted by Gasteiger charge is -2.32. The SMILES string of the molecule is c1ccc(-c2nc(-c3ccccc3)nc(-c3ccc(N4c5ccccc5C5c6cnccc6N(c6ccccc6)c6ccccc6C54)cc3)n2)cc1. The van der Waals surface area contributed by atoms with Gasteiger partial charge in [0.15, 0.2) is 17.5 Å². The molecule has 0 saturated carbocycles. The molecule has 2 aromatic heterocycles. The standard InChI is InChI=1S/C46H32N6/c1-4-14-31(15-5-1)44-48-45(32-16-6-2-7-17-32)50-46(49-44)33-24-26-35(27-25-33)52-39-22-12-10-20-36(39)42-38-30-47-29-28-41(38)51(34-18-8-3-9-19-34)40-23-13-11-21-37(40)43(42)52/h1-30,42-43H. The molecule has 10 rings (SSSR count). The van der Waals surface area contributed by atoms with Gasteiger partial charge in [0.1, 0.15) is 0 Å². The number of hydrogen-bond acceptors (Lipinski definition) is 6. The summed E-state index contributed by atoms with van der Waals surface area (Å²) in [5, 5.41) is 0. The second-order valence-electron chi connectivity index (χ2n) is 13.1. The molecule has 2 atom stereocenters. The molecular formula is C46H32N6. The summed E-state index contributed by atoms with van der Waals surface area (Å²) in [6.07, 6.45) is 3.97. The summed E-state index contributed by atoms with van der Waals surface area (Å²) in [7, 11) is 0. The molecule has 0 N–H and O–H groups in total. The molecule has 0 aliphatic carbocycles. The van der Waals surface area contributed by atoms with E-state index >= 15 is 0 Å². The summed E-state index contributed by atoms with van der Waals surface area (Å²) in [6.45, 7) is 0. The minimum Gasteiger partial charge on any atom is -0.333 e. The summed E-state index contributed by atoms with van der Waals surface area (Å²) in [6, 6.07) is 59.3. The maximum atomic E-state index is 4.98. The highest BCUT2D eigenvalue weighted by molar-refractivity contribution is 5.87. The molecule has 2 unspecified atom stereocenters. The Morgan fingerprint density at radius 2 is 0.885 bits per heavy atom. The van der Waals surface area contributed by atoms with Crippen molar-refractivity contribution in [3.63, 3.8) is 0 Å². The van der Waals surface area contributed by atoms with Crippen LogP contribution in [0.25, 0.3) is 34.2 Å². The molecule has 52 heavy (non-hydrogen) atoms. The van der Waals surface area contributed by atoms with Crippen molar-refractivity contribution < 1.29 is 0 Å². The molecule has 8 aromatic rings. The molecule has 6 nitrogen and oxygen atoms in total. The monoisotopic (exact) mass is 668 g/mol. The zero-order chi connectivity index (χ0) is 34.4. The van der Waals surface area contributed by atoms with Crippen LogP contribution in [0.3, 0.4) is 0 Å². The van der Waals surface area contributed by atoms with E-state index in [1.54, 1.807) is 0 Å². The highest BCUT2D eigenvalue weighted by Crippen LogP contribution is 2.60. The van der Waals surface area contributed by atoms with Crippen molar-refractivity contribution in [1.82, 2.24) is 19.9 Å². The highest BCUT2D eigenvalue weighted by Gasteiger charge is 2.45. The van der Waals surface area contributed by atoms with Crippen LogP contribution in [0, 0.1) is 0 Å². The van der Waals surface area contributed by atoms with Gasteiger partial charge in [0.2, 0.25) is 0 Å². The Hall–Kier alpha value is -6.92. The van der Waals surface area contributed by atoms with Crippen molar-refractivity contribution in [1.29, 1.82) is 0 Å². The van der Waals surface area contributed by atoms with Gasteiger partial charge in [-0.2, -0.15) is 0 Å². The number of hydrogen-bond donors (Lipinski definition) is 0. The lowest BCUT2D eigenvalue weighted by Crippen LogP contribution is -2.22. The molecule has 0 bridgehead atoms. The number of rotatable bonds is 5. The molecule has 0 radical (unpaired) electrons. The van der Waals surface area contributed by atoms with Gasteiger partial charge in [-0.15, -0.1) is 0 Å². The van der Waals surface area contributed by atoms with Gasteiger partial charge in [-0.1, -0.05) is 115 Å². The Balaban J connectivity index is 1.12. The van der Waals surface area contributed by atoms with Crippen LogP contribution in [0.1, 0.15) is 28.7 Å². The van der Waals surface area contributed by atoms with Gasteiger partial charge in [0.05, 0.1) is 17.4 Å². The van der Waals surface area contributed by atoms with Gasteiger partial charge in [0, 0.05) is 57.6 Å². The van der Waals surface area contributed by atoms with E-state index in [0.717, 1.165) is 39.4 Å². The van der Waals surface area contributed by atoms with Crippen LogP contribution in [0.15, 0.2) is 182 Å². The van der Waals surface area contributed by atoms with E-state index in [2.05, 4.69) is 125 Å². The van der Waals surface area contributed by atoms with Crippen molar-refractivity contribution in [3.05, 3.63) is 199 Å². The summed E-state index contributed by atoms with van der Waals surface area (Å²) in [5.41, 5.74) is 12.3. The Kier molecular flexibility index (Phi) is 7.17. The highest BCUT2D eigenvalue weighted by atomic mass is 15.2. The fourth-order valence-electron chi connectivity index (χ4n) is 7.87. The van der Waals surface area contributed by atoms with Crippen molar-refractivity contribution >= 4 is 28.4 Å². The van der Waals surface area contributed by atoms with E-state index in [-0.39, 0.29) is 12.0 Å². The average Bonchev–Trinajstić information content (AvgIpc) is 3.51. The average molecular weight is 669 g/mol. The minimum absolute atomic E-state index is 0.0114. The van der Waals surface area contributed by atoms with E-state index in [1.165, 1.54) is 22.4 Å². The number of fused-ring (bicyclic) bond motifs is 7. The summed E-state index contributed by atoms with van der Waals surface area (Å²) >= 11 is 0. The number of benzene rings is 6. The summed E-state index contributed by atoms with van der Waals surface area (Å²) < 4.78 is 0. The summed E-state index contributed by atoms with van der Waals surface area (Å²) in [4.78, 5) is 24.5. The second kappa shape index (κ2) is 12.4. The first-order valence-corrected chi connectivity index (χ1v) is 17.6. The van der Waals surface area contributed by atoms with Crippen LogP contribution < -0.4 is 9.80 Å². The fourth-order valence-corrected chi connectivity index (χ4v) is 7.87. The largest absolute Gasteiger partial charge is 0.333 e. The maximum absolute atomic E-state index is 4.98. The molecule has 4 heterocycles. The molecule has 0 spiro atoms. The third-order valence-electron chi connectivity index (χ3n) is 10.1. The van der Waals surface area contributed by atoms with Crippen LogP contribution in [-0.2, 0) is 0 Å². The van der Waals surface area contributed by atoms with Crippen molar-refractivity contribution in [3.8, 4) is 34.2 Å². The van der Waals surface area contributed by atoms with Crippen molar-refractivity contribution in [2.75, 3.05) is 9.80 Å². The van der Waals surface area contributed by atoms with Crippen molar-refractivity contribution in [2.45, 2.75) is 12.0 Å². The molecule has 6 aromatic carbocycles. The molecule has 2 aliphatic rings. The first-order valence-electron chi connectivity index (χ1n) is 17.6. The van der Waals surface area contributed by atoms with E-state index < -0.39 is 0 Å². The third-order valence-corrected chi connectivity index (χ3v) is 10.1. The van der Waals surface area contributed by atoms with E-state index in [0.29, 0.717) is 17.5 Å². The normalized spacial score (nSPS) is 15.6. The van der Waals surface area contributed by atoms with E-state index in [1.807, 2.05) is 66.9 Å². The van der Waals surface area contributed by atoms with Crippen LogP contribution in [0.4, 0.5) is 28.4 Å². The van der Waals surface area contributed by atoms with Gasteiger partial charge in [-0.05, 0) is 65.7 Å². The number of pyridine rings is 1. The number of anilines is 5. The van der Waals surface area contributed by atoms with Gasteiger partial charge in [-0.3, -0.25) is 4.98 Å². The molecule has 0 saturated heterocycles. The van der Waals surface area contributed by atoms with Crippen LogP contribution in [0.5, 0.6) is 0 Å². The third kappa shape index (κ3) is 4.95. The first kappa shape index (κ1) is 29.9. The molecule has 0 fully saturated rings. The predicted octanol–water partition coefficient (Wildman–Crippen LogP) is 11.1. The maximum Gasteiger partial charge on any atom is 0.164 e. The lowest BCUT2D eigenvalue weighted by atomic mass is 9.85. The van der Waals surface area contributed by atoms with E-state index in [4.69, 9.17) is 19.9 Å². The number of nitrogens with zero attached hydrogens (tertiary/aromatic N) is 6. The van der Waals surface area contributed by atoms with Crippen LogP contribution >= 0.6 is 0 Å². The smallest absolute Gasteiger partial charge is 0.164 e. The predicted molar refractivity (Wildman–Crippen MR) is 208 cm³/mol. The topological polar surface area (TPSA) is 58.0 Å². The molecule has 6 heteroatoms. The minimum atomic E-state index is -0.0114. The fraction of sp³-hybridized carbons (Fsp3) is 0.0435. The van der Waals surface area contributed by atoms with Crippen LogP contribution in [-0.4, -0.2) is 19.9 Å². The van der Waals surface area contributed by atoms with Crippen molar-refractivity contribution in [2.24, 2.45) is 0 Å². The van der Waals surface area contributed by atoms with Gasteiger partial charge in [0.25, 0.3) is 0 Å². The van der Waals surface area contributed by atoms with Gasteiger partial charge in [-0.25, -0.2) is 15.0 Å². The first-order chi connectivity index (χ1) is 25.8. The second-order valence-corrected chi connectivity index (χ2v) is 13.1. The van der Waals surface area contributed by atoms with E-state index in [9.17, 15) is 0 Å². The zero-order valence-electron chi connectivity index (χ0n) is 28.2. The Labute approximate surface area is 302 Å². The van der Waals surface area contributed by atoms with Gasteiger partial charge < -0.3 is 9.80 Å². The molecule has 246 valence electrons. The molecule has 2 aliphatic heterocycles. The Morgan fingerprint density at radius 3 is 1.52 bits per heavy atom. The zero-order valence-corrected chi connectivity index (χ0v) is 28.2. The molecule has 0 amide bonds. The Morgan fingerprint density at radius 1 is 0.385 bits per heavy atom.